The van der Waals surface area contributed by atoms with E-state index in [0.717, 1.165) is 22.5 Å². The van der Waals surface area contributed by atoms with Crippen LogP contribution < -0.4 is 14.8 Å². The van der Waals surface area contributed by atoms with Gasteiger partial charge in [0.25, 0.3) is 0 Å². The van der Waals surface area contributed by atoms with E-state index in [0.29, 0.717) is 65.4 Å². The average molecular weight is 837 g/mol. The minimum atomic E-state index is -0.679. The molecule has 1 saturated heterocycles. The lowest BCUT2D eigenvalue weighted by Gasteiger charge is -2.31. The molecule has 9 rings (SSSR count). The lowest BCUT2D eigenvalue weighted by Crippen LogP contribution is -2.41. The number of likely N-dealkylation sites (tertiary alicyclic amines) is 1. The highest BCUT2D eigenvalue weighted by molar-refractivity contribution is 6.42. The molecule has 0 spiro atoms. The number of benzene rings is 2. The summed E-state index contributed by atoms with van der Waals surface area (Å²) in [5.41, 5.74) is 5.51. The Balaban J connectivity index is 0.000000168. The van der Waals surface area contributed by atoms with Gasteiger partial charge in [0.2, 0.25) is 11.6 Å². The summed E-state index contributed by atoms with van der Waals surface area (Å²) >= 11 is 11.8. The fourth-order valence-electron chi connectivity index (χ4n) is 6.68. The van der Waals surface area contributed by atoms with E-state index in [1.54, 1.807) is 52.1 Å². The van der Waals surface area contributed by atoms with Gasteiger partial charge in [0.05, 0.1) is 52.5 Å². The minimum Gasteiger partial charge on any atom is -0.493 e. The standard InChI is InChI=1S/C23H21Cl2FN4O3.C17H15N9/c1-3-20(31)30-8-6-13(7-9-30)33-19-10-14-17(11-18(19)32-2)27-12-28-23(14)29-16-5-4-15(24)21(25)22(16)26;1-11(12-3-4-15-18-5-6-25(15)10-12)26-17-16(22-23-26)19-8-14(21-17)13-7-20-24(2)9-13/h3-5,10-13H,1,6-9H2,2H3,(H,27,28,29);3-11H,1-2H3. The topological polar surface area (TPSA) is 168 Å². The summed E-state index contributed by atoms with van der Waals surface area (Å²) in [5.74, 6) is 0.625. The molecule has 300 valence electrons. The molecule has 8 aromatic rings. The smallest absolute Gasteiger partial charge is 0.245 e. The Bertz CT molecular complexity index is 2840. The van der Waals surface area contributed by atoms with Crippen LogP contribution in [0, 0.1) is 5.82 Å². The zero-order valence-corrected chi connectivity index (χ0v) is 33.5. The number of amides is 1. The number of ether oxygens (including phenoxy) is 2. The first kappa shape index (κ1) is 39.1. The Morgan fingerprint density at radius 1 is 1.05 bits per heavy atom. The van der Waals surface area contributed by atoms with E-state index >= 15 is 0 Å². The lowest BCUT2D eigenvalue weighted by molar-refractivity contribution is -0.127. The third-order valence-electron chi connectivity index (χ3n) is 9.88. The number of anilines is 2. The number of imidazole rings is 1. The Morgan fingerprint density at radius 3 is 2.64 bits per heavy atom. The van der Waals surface area contributed by atoms with Gasteiger partial charge in [0.1, 0.15) is 23.9 Å². The second kappa shape index (κ2) is 16.6. The van der Waals surface area contributed by atoms with Crippen LogP contribution in [0.25, 0.3) is 39.1 Å². The van der Waals surface area contributed by atoms with Crippen LogP contribution in [0.15, 0.2) is 92.6 Å². The molecule has 1 N–H and O–H groups in total. The van der Waals surface area contributed by atoms with Gasteiger partial charge in [-0.1, -0.05) is 41.1 Å². The van der Waals surface area contributed by atoms with Gasteiger partial charge >= 0.3 is 0 Å². The fourth-order valence-corrected chi connectivity index (χ4v) is 6.99. The van der Waals surface area contributed by atoms with Crippen molar-refractivity contribution >= 4 is 68.5 Å². The van der Waals surface area contributed by atoms with Gasteiger partial charge in [-0.25, -0.2) is 34.0 Å². The number of pyridine rings is 1. The van der Waals surface area contributed by atoms with Gasteiger partial charge in [0, 0.05) is 74.8 Å². The monoisotopic (exact) mass is 835 g/mol. The number of hydrogen-bond acceptors (Lipinski definition) is 12. The van der Waals surface area contributed by atoms with Crippen LogP contribution in [0.5, 0.6) is 11.5 Å². The number of nitrogens with one attached hydrogen (secondary N) is 1. The number of aromatic nitrogens is 11. The molecule has 2 aromatic carbocycles. The van der Waals surface area contributed by atoms with Crippen molar-refractivity contribution in [1.29, 1.82) is 0 Å². The highest BCUT2D eigenvalue weighted by Gasteiger charge is 2.25. The first-order valence-electron chi connectivity index (χ1n) is 18.4. The van der Waals surface area contributed by atoms with Crippen molar-refractivity contribution in [2.45, 2.75) is 31.9 Å². The van der Waals surface area contributed by atoms with Crippen LogP contribution in [0.4, 0.5) is 15.9 Å². The van der Waals surface area contributed by atoms with Crippen molar-refractivity contribution in [2.24, 2.45) is 7.05 Å². The van der Waals surface area contributed by atoms with E-state index in [9.17, 15) is 9.18 Å². The number of carbonyl (C=O) groups excluding carboxylic acids is 1. The summed E-state index contributed by atoms with van der Waals surface area (Å²) in [7, 11) is 3.42. The number of piperidine rings is 1. The number of halogens is 3. The number of fused-ring (bicyclic) bond motifs is 3. The number of hydrogen-bond donors (Lipinski definition) is 1. The summed E-state index contributed by atoms with van der Waals surface area (Å²) in [4.78, 5) is 35.5. The van der Waals surface area contributed by atoms with Crippen molar-refractivity contribution in [3.05, 3.63) is 114 Å². The molecule has 16 nitrogen and oxygen atoms in total. The number of aryl methyl sites for hydroxylation is 1. The van der Waals surface area contributed by atoms with Gasteiger partial charge in [-0.3, -0.25) is 9.48 Å². The molecule has 0 bridgehead atoms. The minimum absolute atomic E-state index is 0.0507. The maximum atomic E-state index is 14.6. The second-order valence-electron chi connectivity index (χ2n) is 13.6. The molecule has 59 heavy (non-hydrogen) atoms. The number of carbonyl (C=O) groups is 1. The second-order valence-corrected chi connectivity index (χ2v) is 14.4. The Kier molecular flexibility index (Phi) is 11.0. The molecule has 7 heterocycles. The van der Waals surface area contributed by atoms with E-state index in [1.807, 2.05) is 42.2 Å². The molecule has 1 aliphatic heterocycles. The first-order valence-corrected chi connectivity index (χ1v) is 19.2. The van der Waals surface area contributed by atoms with Gasteiger partial charge in [0.15, 0.2) is 23.0 Å². The molecule has 6 aromatic heterocycles. The van der Waals surface area contributed by atoms with Crippen molar-refractivity contribution in [1.82, 2.24) is 59.0 Å². The van der Waals surface area contributed by atoms with Crippen molar-refractivity contribution in [2.75, 3.05) is 25.5 Å². The quantitative estimate of drug-likeness (QED) is 0.114. The van der Waals surface area contributed by atoms with Crippen LogP contribution in [-0.4, -0.2) is 91.2 Å². The highest BCUT2D eigenvalue weighted by atomic mass is 35.5. The summed E-state index contributed by atoms with van der Waals surface area (Å²) in [6.45, 7) is 6.76. The zero-order valence-electron chi connectivity index (χ0n) is 32.0. The van der Waals surface area contributed by atoms with Crippen LogP contribution >= 0.6 is 23.2 Å². The van der Waals surface area contributed by atoms with Gasteiger partial charge in [-0.05, 0) is 42.8 Å². The maximum Gasteiger partial charge on any atom is 0.245 e. The van der Waals surface area contributed by atoms with E-state index in [-0.39, 0.29) is 33.8 Å². The molecule has 1 atom stereocenters. The number of rotatable bonds is 9. The van der Waals surface area contributed by atoms with E-state index < -0.39 is 5.82 Å². The van der Waals surface area contributed by atoms with E-state index in [1.165, 1.54) is 24.5 Å². The predicted molar refractivity (Wildman–Crippen MR) is 221 cm³/mol. The Labute approximate surface area is 346 Å². The summed E-state index contributed by atoms with van der Waals surface area (Å²) < 4.78 is 31.8. The lowest BCUT2D eigenvalue weighted by atomic mass is 10.1. The van der Waals surface area contributed by atoms with E-state index in [4.69, 9.17) is 37.7 Å². The zero-order chi connectivity index (χ0) is 41.2. The third kappa shape index (κ3) is 8.06. The van der Waals surface area contributed by atoms with E-state index in [2.05, 4.69) is 54.2 Å². The van der Waals surface area contributed by atoms with Crippen LogP contribution in [0.3, 0.4) is 0 Å². The molecule has 0 saturated carbocycles. The summed E-state index contributed by atoms with van der Waals surface area (Å²) in [6, 6.07) is 10.4. The molecule has 1 aliphatic rings. The highest BCUT2D eigenvalue weighted by Crippen LogP contribution is 2.38. The average Bonchev–Trinajstić information content (AvgIpc) is 4.03. The van der Waals surface area contributed by atoms with Crippen molar-refractivity contribution in [3.8, 4) is 22.8 Å². The molecule has 1 amide bonds. The molecule has 1 unspecified atom stereocenters. The van der Waals surface area contributed by atoms with Crippen molar-refractivity contribution in [3.63, 3.8) is 0 Å². The number of nitrogens with zero attached hydrogens (tertiary/aromatic N) is 12. The summed E-state index contributed by atoms with van der Waals surface area (Å²) in [5, 5.41) is 16.1. The fraction of sp³-hybridized carbons (Fsp3) is 0.225. The van der Waals surface area contributed by atoms with Crippen LogP contribution in [0.1, 0.15) is 31.4 Å². The van der Waals surface area contributed by atoms with Crippen molar-refractivity contribution < 1.29 is 18.7 Å². The largest absolute Gasteiger partial charge is 0.493 e. The Hall–Kier alpha value is -6.72. The maximum absolute atomic E-state index is 14.6. The van der Waals surface area contributed by atoms with Crippen LogP contribution in [0.2, 0.25) is 10.0 Å². The Morgan fingerprint density at radius 2 is 1.88 bits per heavy atom. The number of methoxy groups -OCH3 is 1. The molecular weight excluding hydrogens is 800 g/mol. The molecule has 0 radical (unpaired) electrons. The molecule has 1 fully saturated rings. The summed E-state index contributed by atoms with van der Waals surface area (Å²) in [6.07, 6.45) is 15.0. The third-order valence-corrected chi connectivity index (χ3v) is 10.7. The molecule has 0 aliphatic carbocycles. The first-order chi connectivity index (χ1) is 28.6. The predicted octanol–water partition coefficient (Wildman–Crippen LogP) is 7.26. The normalized spacial score (nSPS) is 13.6. The van der Waals surface area contributed by atoms with Gasteiger partial charge in [-0.2, -0.15) is 5.10 Å². The van der Waals surface area contributed by atoms with Crippen LogP contribution in [-0.2, 0) is 11.8 Å². The molecule has 19 heteroatoms. The van der Waals surface area contributed by atoms with Gasteiger partial charge < -0.3 is 24.1 Å². The van der Waals surface area contributed by atoms with Gasteiger partial charge in [-0.15, -0.1) is 5.10 Å². The molecular formula is C40H36Cl2FN13O3. The SMILES string of the molecule is C=CC(=O)N1CCC(Oc2cc3c(Nc4ccc(Cl)c(Cl)c4F)ncnc3cc2OC)CC1.CC(c1ccc2nccn2c1)n1nnc2ncc(-c3cnn(C)c3)nc21.